The van der Waals surface area contributed by atoms with Gasteiger partial charge in [-0.15, -0.1) is 0 Å². The highest BCUT2D eigenvalue weighted by molar-refractivity contribution is 5.85. The fourth-order valence-corrected chi connectivity index (χ4v) is 2.14. The maximum atomic E-state index is 12.0. The number of hydrogen-bond acceptors (Lipinski definition) is 2. The van der Waals surface area contributed by atoms with E-state index < -0.39 is 0 Å². The molecule has 2 N–H and O–H groups in total. The van der Waals surface area contributed by atoms with Crippen LogP contribution in [0.5, 0.6) is 0 Å². The number of carbonyl (C=O) groups excluding carboxylic acids is 1. The van der Waals surface area contributed by atoms with E-state index in [-0.39, 0.29) is 5.41 Å². The number of carbonyl (C=O) groups is 1. The molecule has 0 aliphatic heterocycles. The average molecular weight is 198 g/mol. The predicted octanol–water partition coefficient (Wildman–Crippen LogP) is 1.23. The molecule has 1 amide bonds. The zero-order chi connectivity index (χ0) is 10.8. The Bertz CT molecular complexity index is 209. The third-order valence-corrected chi connectivity index (χ3v) is 2.92. The monoisotopic (exact) mass is 198 g/mol. The molecule has 0 unspecified atom stereocenters. The van der Waals surface area contributed by atoms with Crippen LogP contribution in [0.25, 0.3) is 0 Å². The Kier molecular flexibility index (Phi) is 3.53. The minimum absolute atomic E-state index is 0.0158. The fraction of sp³-hybridized carbons (Fsp3) is 0.909. The molecule has 1 rings (SSSR count). The summed E-state index contributed by atoms with van der Waals surface area (Å²) in [6, 6.07) is 0. The molecular weight excluding hydrogens is 176 g/mol. The molecule has 0 heterocycles. The zero-order valence-electron chi connectivity index (χ0n) is 9.55. The van der Waals surface area contributed by atoms with Crippen LogP contribution in [0.4, 0.5) is 0 Å². The largest absolute Gasteiger partial charge is 0.344 e. The normalized spacial score (nSPS) is 18.4. The van der Waals surface area contributed by atoms with Crippen molar-refractivity contribution in [1.82, 2.24) is 4.90 Å². The lowest BCUT2D eigenvalue weighted by Gasteiger charge is -2.24. The molecular formula is C11H22N2O. The van der Waals surface area contributed by atoms with Gasteiger partial charge < -0.3 is 10.6 Å². The van der Waals surface area contributed by atoms with Gasteiger partial charge in [0.25, 0.3) is 0 Å². The smallest absolute Gasteiger partial charge is 0.228 e. The minimum atomic E-state index is -0.0158. The maximum Gasteiger partial charge on any atom is 0.228 e. The van der Waals surface area contributed by atoms with Gasteiger partial charge in [-0.25, -0.2) is 0 Å². The summed E-state index contributed by atoms with van der Waals surface area (Å²) < 4.78 is 0. The third-order valence-electron chi connectivity index (χ3n) is 2.92. The van der Waals surface area contributed by atoms with Gasteiger partial charge in [0.15, 0.2) is 0 Å². The highest BCUT2D eigenvalue weighted by atomic mass is 16.2. The van der Waals surface area contributed by atoms with Gasteiger partial charge in [0.2, 0.25) is 5.91 Å². The van der Waals surface area contributed by atoms with Crippen molar-refractivity contribution in [3.63, 3.8) is 0 Å². The molecule has 82 valence electrons. The average Bonchev–Trinajstić information content (AvgIpc) is 2.84. The molecule has 0 saturated heterocycles. The van der Waals surface area contributed by atoms with Crippen LogP contribution in [0, 0.1) is 11.3 Å². The molecule has 0 radical (unpaired) electrons. The first kappa shape index (κ1) is 11.5. The molecule has 0 atom stereocenters. The summed E-state index contributed by atoms with van der Waals surface area (Å²) in [6.45, 7) is 5.59. The van der Waals surface area contributed by atoms with Gasteiger partial charge in [-0.05, 0) is 25.2 Å². The first-order chi connectivity index (χ1) is 6.52. The van der Waals surface area contributed by atoms with Crippen LogP contribution in [0.15, 0.2) is 0 Å². The summed E-state index contributed by atoms with van der Waals surface area (Å²) in [6.07, 6.45) is 3.17. The van der Waals surface area contributed by atoms with Crippen molar-refractivity contribution in [1.29, 1.82) is 0 Å². The van der Waals surface area contributed by atoms with Crippen LogP contribution in [0.1, 0.15) is 33.1 Å². The van der Waals surface area contributed by atoms with E-state index in [1.807, 2.05) is 7.05 Å². The molecule has 3 heteroatoms. The second-order valence-electron chi connectivity index (χ2n) is 4.89. The molecule has 3 nitrogen and oxygen atoms in total. The van der Waals surface area contributed by atoms with E-state index in [1.165, 1.54) is 0 Å². The van der Waals surface area contributed by atoms with Crippen LogP contribution in [0.2, 0.25) is 0 Å². The van der Waals surface area contributed by atoms with Crippen molar-refractivity contribution in [2.24, 2.45) is 17.1 Å². The molecule has 0 aromatic carbocycles. The van der Waals surface area contributed by atoms with E-state index in [2.05, 4.69) is 13.8 Å². The van der Waals surface area contributed by atoms with Crippen LogP contribution in [-0.2, 0) is 4.79 Å². The Morgan fingerprint density at radius 3 is 2.43 bits per heavy atom. The SMILES string of the molecule is CC(C)CC1(C(=O)N(C)CCN)CC1. The van der Waals surface area contributed by atoms with E-state index in [0.717, 1.165) is 19.3 Å². The number of amides is 1. The third kappa shape index (κ3) is 2.47. The van der Waals surface area contributed by atoms with Crippen LogP contribution < -0.4 is 5.73 Å². The second kappa shape index (κ2) is 4.30. The molecule has 0 aromatic heterocycles. The number of hydrogen-bond donors (Lipinski definition) is 1. The lowest BCUT2D eigenvalue weighted by Crippen LogP contribution is -2.37. The first-order valence-corrected chi connectivity index (χ1v) is 5.47. The molecule has 1 aliphatic rings. The minimum Gasteiger partial charge on any atom is -0.344 e. The van der Waals surface area contributed by atoms with Gasteiger partial charge in [-0.2, -0.15) is 0 Å². The Morgan fingerprint density at radius 2 is 2.07 bits per heavy atom. The number of rotatable bonds is 5. The summed E-state index contributed by atoms with van der Waals surface area (Å²) in [4.78, 5) is 13.8. The van der Waals surface area contributed by atoms with Crippen LogP contribution >= 0.6 is 0 Å². The zero-order valence-corrected chi connectivity index (χ0v) is 9.55. The summed E-state index contributed by atoms with van der Waals surface area (Å²) >= 11 is 0. The molecule has 14 heavy (non-hydrogen) atoms. The fourth-order valence-electron chi connectivity index (χ4n) is 2.14. The highest BCUT2D eigenvalue weighted by Crippen LogP contribution is 2.51. The van der Waals surface area contributed by atoms with E-state index in [0.29, 0.717) is 24.9 Å². The Balaban J connectivity index is 2.51. The van der Waals surface area contributed by atoms with E-state index in [1.54, 1.807) is 4.90 Å². The lowest BCUT2D eigenvalue weighted by atomic mass is 9.93. The van der Waals surface area contributed by atoms with E-state index in [9.17, 15) is 4.79 Å². The quantitative estimate of drug-likeness (QED) is 0.722. The van der Waals surface area contributed by atoms with Crippen molar-refractivity contribution in [2.75, 3.05) is 20.1 Å². The summed E-state index contributed by atoms with van der Waals surface area (Å²) in [5.41, 5.74) is 5.42. The second-order valence-corrected chi connectivity index (χ2v) is 4.89. The Hall–Kier alpha value is -0.570. The van der Waals surface area contributed by atoms with Gasteiger partial charge in [0.1, 0.15) is 0 Å². The highest BCUT2D eigenvalue weighted by Gasteiger charge is 2.50. The van der Waals surface area contributed by atoms with Gasteiger partial charge in [-0.3, -0.25) is 4.79 Å². The van der Waals surface area contributed by atoms with E-state index >= 15 is 0 Å². The van der Waals surface area contributed by atoms with Crippen molar-refractivity contribution in [3.8, 4) is 0 Å². The maximum absolute atomic E-state index is 12.0. The molecule has 0 aromatic rings. The van der Waals surface area contributed by atoms with Crippen molar-refractivity contribution < 1.29 is 4.79 Å². The van der Waals surface area contributed by atoms with Gasteiger partial charge in [0, 0.05) is 25.6 Å². The van der Waals surface area contributed by atoms with E-state index in [4.69, 9.17) is 5.73 Å². The predicted molar refractivity (Wildman–Crippen MR) is 57.8 cm³/mol. The van der Waals surface area contributed by atoms with Crippen molar-refractivity contribution in [2.45, 2.75) is 33.1 Å². The van der Waals surface area contributed by atoms with Gasteiger partial charge in [-0.1, -0.05) is 13.8 Å². The van der Waals surface area contributed by atoms with Crippen molar-refractivity contribution in [3.05, 3.63) is 0 Å². The number of nitrogens with zero attached hydrogens (tertiary/aromatic N) is 1. The van der Waals surface area contributed by atoms with Crippen molar-refractivity contribution >= 4 is 5.91 Å². The summed E-state index contributed by atoms with van der Waals surface area (Å²) in [7, 11) is 1.86. The first-order valence-electron chi connectivity index (χ1n) is 5.47. The van der Waals surface area contributed by atoms with Gasteiger partial charge >= 0.3 is 0 Å². The summed E-state index contributed by atoms with van der Waals surface area (Å²) in [5.74, 6) is 0.907. The van der Waals surface area contributed by atoms with Gasteiger partial charge in [0.05, 0.1) is 0 Å². The van der Waals surface area contributed by atoms with Crippen LogP contribution in [-0.4, -0.2) is 30.9 Å². The molecule has 1 fully saturated rings. The number of nitrogens with two attached hydrogens (primary N) is 1. The molecule has 1 aliphatic carbocycles. The lowest BCUT2D eigenvalue weighted by molar-refractivity contribution is -0.136. The molecule has 1 saturated carbocycles. The topological polar surface area (TPSA) is 46.3 Å². The Labute approximate surface area is 86.6 Å². The standard InChI is InChI=1S/C11H22N2O/c1-9(2)8-11(4-5-11)10(14)13(3)7-6-12/h9H,4-8,12H2,1-3H3. The number of likely N-dealkylation sites (N-methyl/N-ethyl adjacent to an activating group) is 1. The molecule has 0 spiro atoms. The summed E-state index contributed by atoms with van der Waals surface area (Å²) in [5, 5.41) is 0. The van der Waals surface area contributed by atoms with Crippen LogP contribution in [0.3, 0.4) is 0 Å². The molecule has 0 bridgehead atoms. The Morgan fingerprint density at radius 1 is 1.50 bits per heavy atom.